The summed E-state index contributed by atoms with van der Waals surface area (Å²) >= 11 is 0. The lowest BCUT2D eigenvalue weighted by molar-refractivity contribution is 0.0766. The Hall–Kier alpha value is -2.40. The molecule has 0 fully saturated rings. The standard InChI is InChI=1S/C18H21N3O2/c1-20(10-11-22)18(23)15-6-7-17(19-12-15)21-9-8-14-4-2-3-5-16(14)13-21/h2-7,12,22H,8-11,13H2,1H3. The summed E-state index contributed by atoms with van der Waals surface area (Å²) in [6, 6.07) is 12.2. The Kier molecular flexibility index (Phi) is 4.57. The average Bonchev–Trinajstić information content (AvgIpc) is 2.61. The fraction of sp³-hybridized carbons (Fsp3) is 0.333. The predicted octanol–water partition coefficient (Wildman–Crippen LogP) is 1.71. The Morgan fingerprint density at radius 2 is 2.04 bits per heavy atom. The number of rotatable bonds is 4. The molecule has 0 radical (unpaired) electrons. The van der Waals surface area contributed by atoms with Gasteiger partial charge >= 0.3 is 0 Å². The van der Waals surface area contributed by atoms with Crippen molar-refractivity contribution < 1.29 is 9.90 Å². The lowest BCUT2D eigenvalue weighted by Gasteiger charge is -2.29. The summed E-state index contributed by atoms with van der Waals surface area (Å²) in [6.07, 6.45) is 2.63. The van der Waals surface area contributed by atoms with Gasteiger partial charge in [0.15, 0.2) is 0 Å². The molecule has 0 spiro atoms. The van der Waals surface area contributed by atoms with Gasteiger partial charge < -0.3 is 14.9 Å². The monoisotopic (exact) mass is 311 g/mol. The molecule has 1 aliphatic heterocycles. The maximum Gasteiger partial charge on any atom is 0.255 e. The maximum atomic E-state index is 12.1. The van der Waals surface area contributed by atoms with Gasteiger partial charge in [-0.05, 0) is 29.7 Å². The molecule has 2 heterocycles. The van der Waals surface area contributed by atoms with E-state index in [9.17, 15) is 4.79 Å². The Morgan fingerprint density at radius 3 is 2.74 bits per heavy atom. The largest absolute Gasteiger partial charge is 0.395 e. The lowest BCUT2D eigenvalue weighted by atomic mass is 10.00. The van der Waals surface area contributed by atoms with E-state index >= 15 is 0 Å². The van der Waals surface area contributed by atoms with Gasteiger partial charge in [0, 0.05) is 32.9 Å². The second-order valence-electron chi connectivity index (χ2n) is 5.80. The van der Waals surface area contributed by atoms with Gasteiger partial charge in [-0.2, -0.15) is 0 Å². The van der Waals surface area contributed by atoms with E-state index in [4.69, 9.17) is 5.11 Å². The third-order valence-corrected chi connectivity index (χ3v) is 4.23. The van der Waals surface area contributed by atoms with E-state index in [2.05, 4.69) is 34.1 Å². The number of amides is 1. The van der Waals surface area contributed by atoms with Crippen molar-refractivity contribution in [3.63, 3.8) is 0 Å². The van der Waals surface area contributed by atoms with Crippen molar-refractivity contribution in [1.82, 2.24) is 9.88 Å². The summed E-state index contributed by atoms with van der Waals surface area (Å²) in [5.41, 5.74) is 3.28. The number of benzene rings is 1. The molecule has 23 heavy (non-hydrogen) atoms. The Morgan fingerprint density at radius 1 is 1.26 bits per heavy atom. The first-order valence-corrected chi connectivity index (χ1v) is 7.83. The third-order valence-electron chi connectivity index (χ3n) is 4.23. The van der Waals surface area contributed by atoms with Gasteiger partial charge in [0.05, 0.1) is 12.2 Å². The Balaban J connectivity index is 1.72. The number of likely N-dealkylation sites (N-methyl/N-ethyl adjacent to an activating group) is 1. The summed E-state index contributed by atoms with van der Waals surface area (Å²) in [5, 5.41) is 8.91. The van der Waals surface area contributed by atoms with Gasteiger partial charge in [-0.25, -0.2) is 4.98 Å². The minimum absolute atomic E-state index is 0.0407. The maximum absolute atomic E-state index is 12.1. The van der Waals surface area contributed by atoms with Gasteiger partial charge in [0.2, 0.25) is 0 Å². The molecule has 0 saturated carbocycles. The van der Waals surface area contributed by atoms with Crippen LogP contribution in [0.15, 0.2) is 42.6 Å². The van der Waals surface area contributed by atoms with E-state index in [0.717, 1.165) is 25.3 Å². The van der Waals surface area contributed by atoms with E-state index in [0.29, 0.717) is 12.1 Å². The van der Waals surface area contributed by atoms with Crippen LogP contribution >= 0.6 is 0 Å². The minimum Gasteiger partial charge on any atom is -0.395 e. The molecule has 0 aliphatic carbocycles. The molecule has 3 rings (SSSR count). The molecule has 5 heteroatoms. The third kappa shape index (κ3) is 3.35. The molecule has 0 unspecified atom stereocenters. The minimum atomic E-state index is -0.123. The van der Waals surface area contributed by atoms with Crippen molar-refractivity contribution in [1.29, 1.82) is 0 Å². The first-order valence-electron chi connectivity index (χ1n) is 7.83. The van der Waals surface area contributed by atoms with Crippen LogP contribution in [0.2, 0.25) is 0 Å². The molecular weight excluding hydrogens is 290 g/mol. The fourth-order valence-corrected chi connectivity index (χ4v) is 2.86. The quantitative estimate of drug-likeness (QED) is 0.934. The lowest BCUT2D eigenvalue weighted by Crippen LogP contribution is -2.31. The molecule has 1 aromatic heterocycles. The van der Waals surface area contributed by atoms with Crippen molar-refractivity contribution in [3.8, 4) is 0 Å². The highest BCUT2D eigenvalue weighted by molar-refractivity contribution is 5.93. The van der Waals surface area contributed by atoms with Crippen LogP contribution in [-0.4, -0.2) is 47.6 Å². The zero-order chi connectivity index (χ0) is 16.2. The second-order valence-corrected chi connectivity index (χ2v) is 5.80. The zero-order valence-corrected chi connectivity index (χ0v) is 13.3. The molecule has 1 N–H and O–H groups in total. The van der Waals surface area contributed by atoms with Crippen LogP contribution in [0, 0.1) is 0 Å². The number of pyridine rings is 1. The number of aliphatic hydroxyl groups is 1. The highest BCUT2D eigenvalue weighted by Crippen LogP contribution is 2.23. The van der Waals surface area contributed by atoms with Gasteiger partial charge in [0.1, 0.15) is 5.82 Å². The smallest absolute Gasteiger partial charge is 0.255 e. The van der Waals surface area contributed by atoms with Crippen molar-refractivity contribution >= 4 is 11.7 Å². The number of hydrogen-bond donors (Lipinski definition) is 1. The summed E-state index contributed by atoms with van der Waals surface area (Å²) in [5.74, 6) is 0.767. The van der Waals surface area contributed by atoms with Crippen molar-refractivity contribution in [3.05, 3.63) is 59.3 Å². The number of nitrogens with zero attached hydrogens (tertiary/aromatic N) is 3. The molecule has 0 saturated heterocycles. The number of aromatic nitrogens is 1. The van der Waals surface area contributed by atoms with E-state index < -0.39 is 0 Å². The van der Waals surface area contributed by atoms with Crippen LogP contribution in [0.25, 0.3) is 0 Å². The van der Waals surface area contributed by atoms with Gasteiger partial charge in [-0.3, -0.25) is 4.79 Å². The highest BCUT2D eigenvalue weighted by atomic mass is 16.3. The second kappa shape index (κ2) is 6.79. The number of carbonyl (C=O) groups is 1. The summed E-state index contributed by atoms with van der Waals surface area (Å²) in [4.78, 5) is 20.3. The fourth-order valence-electron chi connectivity index (χ4n) is 2.86. The SMILES string of the molecule is CN(CCO)C(=O)c1ccc(N2CCc3ccccc3C2)nc1. The number of anilines is 1. The summed E-state index contributed by atoms with van der Waals surface area (Å²) < 4.78 is 0. The van der Waals surface area contributed by atoms with E-state index in [1.165, 1.54) is 16.0 Å². The molecule has 2 aromatic rings. The summed E-state index contributed by atoms with van der Waals surface area (Å²) in [7, 11) is 1.67. The van der Waals surface area contributed by atoms with Crippen LogP contribution in [-0.2, 0) is 13.0 Å². The molecule has 5 nitrogen and oxygen atoms in total. The van der Waals surface area contributed by atoms with Crippen molar-refractivity contribution in [2.75, 3.05) is 31.6 Å². The van der Waals surface area contributed by atoms with Gasteiger partial charge in [-0.15, -0.1) is 0 Å². The normalized spacial score (nSPS) is 13.6. The molecule has 0 atom stereocenters. The molecule has 1 aromatic carbocycles. The number of carbonyl (C=O) groups excluding carboxylic acids is 1. The predicted molar refractivity (Wildman–Crippen MR) is 89.5 cm³/mol. The first-order chi connectivity index (χ1) is 11.2. The van der Waals surface area contributed by atoms with E-state index in [1.807, 2.05) is 6.07 Å². The van der Waals surface area contributed by atoms with Crippen molar-refractivity contribution in [2.45, 2.75) is 13.0 Å². The molecule has 1 aliphatic rings. The van der Waals surface area contributed by atoms with E-state index in [1.54, 1.807) is 19.3 Å². The zero-order valence-electron chi connectivity index (χ0n) is 13.3. The van der Waals surface area contributed by atoms with Crippen LogP contribution < -0.4 is 4.90 Å². The van der Waals surface area contributed by atoms with Crippen LogP contribution in [0.5, 0.6) is 0 Å². The molecule has 1 amide bonds. The van der Waals surface area contributed by atoms with Gasteiger partial charge in [-0.1, -0.05) is 24.3 Å². The Labute approximate surface area is 136 Å². The summed E-state index contributed by atoms with van der Waals surface area (Å²) in [6.45, 7) is 2.06. The van der Waals surface area contributed by atoms with Crippen molar-refractivity contribution in [2.24, 2.45) is 0 Å². The highest BCUT2D eigenvalue weighted by Gasteiger charge is 2.18. The number of aliphatic hydroxyl groups excluding tert-OH is 1. The Bertz CT molecular complexity index is 685. The molecule has 0 bridgehead atoms. The number of fused-ring (bicyclic) bond motifs is 1. The van der Waals surface area contributed by atoms with Crippen LogP contribution in [0.3, 0.4) is 0 Å². The number of hydrogen-bond acceptors (Lipinski definition) is 4. The topological polar surface area (TPSA) is 56.7 Å². The average molecular weight is 311 g/mol. The van der Waals surface area contributed by atoms with Crippen LogP contribution in [0.4, 0.5) is 5.82 Å². The molecular formula is C18H21N3O2. The molecule has 120 valence electrons. The van der Waals surface area contributed by atoms with Gasteiger partial charge in [0.25, 0.3) is 5.91 Å². The van der Waals surface area contributed by atoms with Crippen LogP contribution in [0.1, 0.15) is 21.5 Å². The van der Waals surface area contributed by atoms with E-state index in [-0.39, 0.29) is 12.5 Å². The first kappa shape index (κ1) is 15.5.